The van der Waals surface area contributed by atoms with Crippen molar-refractivity contribution in [2.24, 2.45) is 11.8 Å². The number of Topliss-reactive ketones (excluding diaryl/α,β-unsaturated/α-hetero) is 1. The SMILES string of the molecule is C=CC(C)C(C(=O)CCC)(c1ccccc1)C(C)C=C. The van der Waals surface area contributed by atoms with E-state index in [4.69, 9.17) is 0 Å². The van der Waals surface area contributed by atoms with Gasteiger partial charge in [0.1, 0.15) is 5.78 Å². The number of rotatable bonds is 8. The van der Waals surface area contributed by atoms with Crippen LogP contribution in [0.4, 0.5) is 0 Å². The molecule has 0 aliphatic heterocycles. The van der Waals surface area contributed by atoms with Gasteiger partial charge in [-0.1, -0.05) is 63.3 Å². The fourth-order valence-corrected chi connectivity index (χ4v) is 3.13. The van der Waals surface area contributed by atoms with Crippen LogP contribution in [0.2, 0.25) is 0 Å². The van der Waals surface area contributed by atoms with Crippen molar-refractivity contribution < 1.29 is 4.79 Å². The van der Waals surface area contributed by atoms with Gasteiger partial charge in [0.05, 0.1) is 5.41 Å². The molecule has 2 atom stereocenters. The van der Waals surface area contributed by atoms with Gasteiger partial charge in [-0.25, -0.2) is 0 Å². The molecule has 1 heteroatoms. The molecule has 0 spiro atoms. The molecular weight excluding hydrogens is 244 g/mol. The Labute approximate surface area is 123 Å². The minimum atomic E-state index is -0.555. The summed E-state index contributed by atoms with van der Waals surface area (Å²) >= 11 is 0. The maximum absolute atomic E-state index is 13.0. The molecule has 0 aliphatic carbocycles. The van der Waals surface area contributed by atoms with Crippen molar-refractivity contribution in [3.05, 3.63) is 61.2 Å². The van der Waals surface area contributed by atoms with Crippen molar-refractivity contribution in [3.63, 3.8) is 0 Å². The van der Waals surface area contributed by atoms with E-state index in [1.807, 2.05) is 49.4 Å². The molecule has 0 saturated heterocycles. The molecular formula is C19H26O. The second-order valence-corrected chi connectivity index (χ2v) is 5.46. The third-order valence-electron chi connectivity index (χ3n) is 4.33. The lowest BCUT2D eigenvalue weighted by atomic mass is 9.60. The van der Waals surface area contributed by atoms with Crippen LogP contribution in [0.1, 0.15) is 39.2 Å². The Morgan fingerprint density at radius 3 is 2.05 bits per heavy atom. The summed E-state index contributed by atoms with van der Waals surface area (Å²) in [5.74, 6) is 0.417. The predicted octanol–water partition coefficient (Wildman–Crippen LogP) is 4.94. The highest BCUT2D eigenvalue weighted by Crippen LogP contribution is 2.42. The lowest BCUT2D eigenvalue weighted by Gasteiger charge is -2.41. The third-order valence-corrected chi connectivity index (χ3v) is 4.33. The van der Waals surface area contributed by atoms with Gasteiger partial charge in [-0.2, -0.15) is 0 Å². The summed E-state index contributed by atoms with van der Waals surface area (Å²) in [5.41, 5.74) is 0.513. The quantitative estimate of drug-likeness (QED) is 0.612. The lowest BCUT2D eigenvalue weighted by molar-refractivity contribution is -0.127. The molecule has 1 aromatic carbocycles. The standard InChI is InChI=1S/C19H26O/c1-6-12-18(20)19(15(4)7-2,16(5)8-3)17-13-10-9-11-14-17/h7-11,13-16H,2-3,6,12H2,1,4-5H3. The topological polar surface area (TPSA) is 17.1 Å². The molecule has 0 aromatic heterocycles. The van der Waals surface area contributed by atoms with E-state index in [-0.39, 0.29) is 17.6 Å². The van der Waals surface area contributed by atoms with Crippen LogP contribution in [0.25, 0.3) is 0 Å². The van der Waals surface area contributed by atoms with E-state index < -0.39 is 5.41 Å². The van der Waals surface area contributed by atoms with Crippen molar-refractivity contribution in [2.45, 2.75) is 39.0 Å². The predicted molar refractivity (Wildman–Crippen MR) is 86.8 cm³/mol. The van der Waals surface area contributed by atoms with E-state index in [9.17, 15) is 4.79 Å². The smallest absolute Gasteiger partial charge is 0.144 e. The van der Waals surface area contributed by atoms with Crippen molar-refractivity contribution in [2.75, 3.05) is 0 Å². The zero-order chi connectivity index (χ0) is 15.2. The molecule has 0 N–H and O–H groups in total. The lowest BCUT2D eigenvalue weighted by Crippen LogP contribution is -2.46. The Morgan fingerprint density at radius 1 is 1.15 bits per heavy atom. The fraction of sp³-hybridized carbons (Fsp3) is 0.421. The molecule has 0 aliphatic rings. The first-order valence-electron chi connectivity index (χ1n) is 7.39. The highest BCUT2D eigenvalue weighted by Gasteiger charge is 2.46. The first kappa shape index (κ1) is 16.4. The summed E-state index contributed by atoms with van der Waals surface area (Å²) in [6.45, 7) is 14.0. The molecule has 0 amide bonds. The van der Waals surface area contributed by atoms with Gasteiger partial charge in [0.15, 0.2) is 0 Å². The number of ketones is 1. The van der Waals surface area contributed by atoms with Crippen molar-refractivity contribution in [1.29, 1.82) is 0 Å². The number of hydrogen-bond acceptors (Lipinski definition) is 1. The van der Waals surface area contributed by atoms with Gasteiger partial charge in [-0.3, -0.25) is 4.79 Å². The summed E-state index contributed by atoms with van der Waals surface area (Å²) in [6, 6.07) is 10.1. The van der Waals surface area contributed by atoms with Crippen LogP contribution < -0.4 is 0 Å². The monoisotopic (exact) mass is 270 g/mol. The summed E-state index contributed by atoms with van der Waals surface area (Å²) in [4.78, 5) is 13.0. The molecule has 0 bridgehead atoms. The minimum absolute atomic E-state index is 0.0666. The van der Waals surface area contributed by atoms with Crippen LogP contribution in [0.15, 0.2) is 55.6 Å². The van der Waals surface area contributed by atoms with Gasteiger partial charge in [0.2, 0.25) is 0 Å². The highest BCUT2D eigenvalue weighted by atomic mass is 16.1. The molecule has 1 aromatic rings. The third kappa shape index (κ3) is 2.77. The van der Waals surface area contributed by atoms with Gasteiger partial charge >= 0.3 is 0 Å². The Morgan fingerprint density at radius 2 is 1.65 bits per heavy atom. The van der Waals surface area contributed by atoms with E-state index in [0.717, 1.165) is 12.0 Å². The highest BCUT2D eigenvalue weighted by molar-refractivity contribution is 5.91. The zero-order valence-corrected chi connectivity index (χ0v) is 12.9. The molecule has 2 unspecified atom stereocenters. The molecule has 0 fully saturated rings. The first-order chi connectivity index (χ1) is 9.55. The van der Waals surface area contributed by atoms with E-state index >= 15 is 0 Å². The largest absolute Gasteiger partial charge is 0.299 e. The second-order valence-electron chi connectivity index (χ2n) is 5.46. The van der Waals surface area contributed by atoms with Crippen LogP contribution in [0, 0.1) is 11.8 Å². The molecule has 0 heterocycles. The van der Waals surface area contributed by atoms with Crippen LogP contribution >= 0.6 is 0 Å². The van der Waals surface area contributed by atoms with E-state index in [2.05, 4.69) is 27.0 Å². The van der Waals surface area contributed by atoms with E-state index in [1.54, 1.807) is 0 Å². The van der Waals surface area contributed by atoms with Gasteiger partial charge in [-0.15, -0.1) is 13.2 Å². The van der Waals surface area contributed by atoms with Crippen LogP contribution in [0.5, 0.6) is 0 Å². The number of allylic oxidation sites excluding steroid dienone is 2. The minimum Gasteiger partial charge on any atom is -0.299 e. The summed E-state index contributed by atoms with van der Waals surface area (Å²) in [7, 11) is 0. The fourth-order valence-electron chi connectivity index (χ4n) is 3.13. The Kier molecular flexibility index (Phi) is 5.94. The van der Waals surface area contributed by atoms with Crippen LogP contribution in [-0.2, 0) is 10.2 Å². The van der Waals surface area contributed by atoms with E-state index in [0.29, 0.717) is 6.42 Å². The summed E-state index contributed by atoms with van der Waals surface area (Å²) < 4.78 is 0. The van der Waals surface area contributed by atoms with Crippen molar-refractivity contribution in [1.82, 2.24) is 0 Å². The normalized spacial score (nSPS) is 16.8. The van der Waals surface area contributed by atoms with Gasteiger partial charge in [0, 0.05) is 6.42 Å². The number of hydrogen-bond donors (Lipinski definition) is 0. The van der Waals surface area contributed by atoms with Crippen LogP contribution in [-0.4, -0.2) is 5.78 Å². The number of carbonyl (C=O) groups excluding carboxylic acids is 1. The second kappa shape index (κ2) is 7.23. The molecule has 108 valence electrons. The summed E-state index contributed by atoms with van der Waals surface area (Å²) in [5, 5.41) is 0. The average molecular weight is 270 g/mol. The maximum Gasteiger partial charge on any atom is 0.144 e. The van der Waals surface area contributed by atoms with Crippen molar-refractivity contribution >= 4 is 5.78 Å². The number of benzene rings is 1. The molecule has 1 nitrogen and oxygen atoms in total. The zero-order valence-electron chi connectivity index (χ0n) is 12.9. The average Bonchev–Trinajstić information content (AvgIpc) is 2.48. The molecule has 20 heavy (non-hydrogen) atoms. The molecule has 1 rings (SSSR count). The number of carbonyl (C=O) groups is 1. The maximum atomic E-state index is 13.0. The van der Waals surface area contributed by atoms with Gasteiger partial charge in [-0.05, 0) is 23.8 Å². The Bertz CT molecular complexity index is 444. The molecule has 0 saturated carbocycles. The van der Waals surface area contributed by atoms with Crippen LogP contribution in [0.3, 0.4) is 0 Å². The Hall–Kier alpha value is -1.63. The Balaban J connectivity index is 3.53. The molecule has 0 radical (unpaired) electrons. The van der Waals surface area contributed by atoms with Gasteiger partial charge in [0.25, 0.3) is 0 Å². The van der Waals surface area contributed by atoms with Crippen molar-refractivity contribution in [3.8, 4) is 0 Å². The summed E-state index contributed by atoms with van der Waals surface area (Å²) in [6.07, 6.45) is 5.23. The van der Waals surface area contributed by atoms with Gasteiger partial charge < -0.3 is 0 Å². The van der Waals surface area contributed by atoms with E-state index in [1.165, 1.54) is 0 Å². The first-order valence-corrected chi connectivity index (χ1v) is 7.39.